The van der Waals surface area contributed by atoms with Crippen LogP contribution in [-0.2, 0) is 18.4 Å². The third-order valence-electron chi connectivity index (χ3n) is 6.76. The summed E-state index contributed by atoms with van der Waals surface area (Å²) in [5.74, 6) is 2.76. The molecule has 0 bridgehead atoms. The average Bonchev–Trinajstić information content (AvgIpc) is 3.37. The monoisotopic (exact) mass is 447 g/mol. The minimum atomic E-state index is 0.163. The third-order valence-corrected chi connectivity index (χ3v) is 6.76. The quantitative estimate of drug-likeness (QED) is 0.434. The summed E-state index contributed by atoms with van der Waals surface area (Å²) in [4.78, 5) is 23.3. The predicted molar refractivity (Wildman–Crippen MR) is 126 cm³/mol. The first-order valence-electron chi connectivity index (χ1n) is 11.9. The van der Waals surface area contributed by atoms with E-state index in [4.69, 9.17) is 4.99 Å². The molecule has 0 aliphatic carbocycles. The average molecular weight is 448 g/mol. The van der Waals surface area contributed by atoms with Crippen molar-refractivity contribution in [2.45, 2.75) is 58.2 Å². The normalized spacial score (nSPS) is 21.2. The topological polar surface area (TPSA) is 93.9 Å². The SMILES string of the molecule is CCN1CCCC1CNC(=NCc1nnc(C)n1C)NC1CCN(CC(=O)N(C)C)CC1. The van der Waals surface area contributed by atoms with Crippen molar-refractivity contribution in [1.29, 1.82) is 0 Å². The number of aryl methyl sites for hydroxylation is 1. The molecule has 0 saturated carbocycles. The molecule has 2 saturated heterocycles. The number of aliphatic imine (C=N–C) groups is 1. The first kappa shape index (κ1) is 24.4. The van der Waals surface area contributed by atoms with Crippen LogP contribution in [0.2, 0.25) is 0 Å². The van der Waals surface area contributed by atoms with E-state index in [1.165, 1.54) is 19.4 Å². The van der Waals surface area contributed by atoms with Gasteiger partial charge in [0.15, 0.2) is 11.8 Å². The molecular formula is C22H41N9O. The molecule has 180 valence electrons. The fraction of sp³-hybridized carbons (Fsp3) is 0.818. The highest BCUT2D eigenvalue weighted by Crippen LogP contribution is 2.16. The number of aromatic nitrogens is 3. The Morgan fingerprint density at radius 1 is 1.19 bits per heavy atom. The van der Waals surface area contributed by atoms with E-state index in [0.717, 1.165) is 56.6 Å². The van der Waals surface area contributed by atoms with E-state index in [1.54, 1.807) is 4.90 Å². The molecule has 1 aromatic rings. The van der Waals surface area contributed by atoms with Crippen molar-refractivity contribution < 1.29 is 4.79 Å². The highest BCUT2D eigenvalue weighted by atomic mass is 16.2. The number of nitrogens with zero attached hydrogens (tertiary/aromatic N) is 7. The van der Waals surface area contributed by atoms with Crippen LogP contribution in [0.4, 0.5) is 0 Å². The van der Waals surface area contributed by atoms with Gasteiger partial charge in [0.1, 0.15) is 12.4 Å². The molecule has 1 amide bonds. The zero-order valence-electron chi connectivity index (χ0n) is 20.5. The lowest BCUT2D eigenvalue weighted by Crippen LogP contribution is -2.51. The van der Waals surface area contributed by atoms with Gasteiger partial charge in [0.2, 0.25) is 5.91 Å². The summed E-state index contributed by atoms with van der Waals surface area (Å²) in [5, 5.41) is 15.6. The lowest BCUT2D eigenvalue weighted by atomic mass is 10.1. The first-order chi connectivity index (χ1) is 15.4. The maximum absolute atomic E-state index is 12.0. The van der Waals surface area contributed by atoms with Gasteiger partial charge in [0.25, 0.3) is 0 Å². The van der Waals surface area contributed by atoms with Crippen LogP contribution in [0, 0.1) is 6.92 Å². The molecule has 0 radical (unpaired) electrons. The lowest BCUT2D eigenvalue weighted by Gasteiger charge is -2.33. The molecule has 10 heteroatoms. The van der Waals surface area contributed by atoms with E-state index in [9.17, 15) is 4.79 Å². The van der Waals surface area contributed by atoms with Crippen molar-refractivity contribution in [2.24, 2.45) is 12.0 Å². The molecule has 2 N–H and O–H groups in total. The van der Waals surface area contributed by atoms with Crippen LogP contribution in [0.25, 0.3) is 0 Å². The zero-order chi connectivity index (χ0) is 23.1. The van der Waals surface area contributed by atoms with Crippen LogP contribution >= 0.6 is 0 Å². The number of amides is 1. The highest BCUT2D eigenvalue weighted by Gasteiger charge is 2.25. The minimum absolute atomic E-state index is 0.163. The van der Waals surface area contributed by atoms with E-state index in [1.807, 2.05) is 32.6 Å². The molecule has 1 unspecified atom stereocenters. The van der Waals surface area contributed by atoms with E-state index >= 15 is 0 Å². The van der Waals surface area contributed by atoms with Gasteiger partial charge in [-0.05, 0) is 45.7 Å². The summed E-state index contributed by atoms with van der Waals surface area (Å²) in [6.45, 7) is 10.2. The van der Waals surface area contributed by atoms with E-state index in [-0.39, 0.29) is 5.91 Å². The molecule has 2 aliphatic heterocycles. The molecule has 2 fully saturated rings. The molecule has 10 nitrogen and oxygen atoms in total. The zero-order valence-corrected chi connectivity index (χ0v) is 20.5. The maximum atomic E-state index is 12.0. The molecule has 3 rings (SSSR count). The second kappa shape index (κ2) is 11.6. The number of nitrogens with one attached hydrogen (secondary N) is 2. The first-order valence-corrected chi connectivity index (χ1v) is 11.9. The van der Waals surface area contributed by atoms with Crippen molar-refractivity contribution in [3.05, 3.63) is 11.6 Å². The number of likely N-dealkylation sites (tertiary alicyclic amines) is 2. The van der Waals surface area contributed by atoms with Crippen LogP contribution < -0.4 is 10.6 Å². The number of guanidine groups is 1. The second-order valence-electron chi connectivity index (χ2n) is 9.18. The van der Waals surface area contributed by atoms with E-state index < -0.39 is 0 Å². The van der Waals surface area contributed by atoms with E-state index in [0.29, 0.717) is 25.2 Å². The molecule has 0 aromatic carbocycles. The Balaban J connectivity index is 1.57. The summed E-state index contributed by atoms with van der Waals surface area (Å²) >= 11 is 0. The summed E-state index contributed by atoms with van der Waals surface area (Å²) < 4.78 is 1.98. The standard InChI is InChI=1S/C22H41N9O/c1-6-31-11-7-8-19(31)14-23-22(24-15-20-27-26-17(2)29(20)5)25-18-9-12-30(13-10-18)16-21(32)28(3)4/h18-19H,6-16H2,1-5H3,(H2,23,24,25). The van der Waals surface area contributed by atoms with Gasteiger partial charge in [-0.1, -0.05) is 6.92 Å². The number of piperidine rings is 1. The smallest absolute Gasteiger partial charge is 0.236 e. The Morgan fingerprint density at radius 2 is 1.94 bits per heavy atom. The molecule has 1 aromatic heterocycles. The lowest BCUT2D eigenvalue weighted by molar-refractivity contribution is -0.130. The molecule has 1 atom stereocenters. The Bertz CT molecular complexity index is 767. The van der Waals surface area contributed by atoms with Crippen LogP contribution in [-0.4, -0.2) is 107 Å². The van der Waals surface area contributed by atoms with Gasteiger partial charge in [0, 0.05) is 52.9 Å². The fourth-order valence-corrected chi connectivity index (χ4v) is 4.41. The minimum Gasteiger partial charge on any atom is -0.355 e. The third kappa shape index (κ3) is 6.65. The number of carbonyl (C=O) groups excluding carboxylic acids is 1. The van der Waals surface area contributed by atoms with Gasteiger partial charge in [-0.2, -0.15) is 0 Å². The fourth-order valence-electron chi connectivity index (χ4n) is 4.41. The molecule has 32 heavy (non-hydrogen) atoms. The van der Waals surface area contributed by atoms with Gasteiger partial charge >= 0.3 is 0 Å². The number of carbonyl (C=O) groups is 1. The molecular weight excluding hydrogens is 406 g/mol. The van der Waals surface area contributed by atoms with Crippen molar-refractivity contribution >= 4 is 11.9 Å². The number of hydrogen-bond donors (Lipinski definition) is 2. The Morgan fingerprint density at radius 3 is 2.56 bits per heavy atom. The Labute approximate surface area is 192 Å². The van der Waals surface area contributed by atoms with Crippen LogP contribution in [0.1, 0.15) is 44.3 Å². The van der Waals surface area contributed by atoms with Crippen molar-refractivity contribution in [2.75, 3.05) is 53.4 Å². The summed E-state index contributed by atoms with van der Waals surface area (Å²) in [5.41, 5.74) is 0. The van der Waals surface area contributed by atoms with Gasteiger partial charge in [-0.25, -0.2) is 4.99 Å². The molecule has 2 aliphatic rings. The Hall–Kier alpha value is -2.20. The van der Waals surface area contributed by atoms with Crippen molar-refractivity contribution in [3.63, 3.8) is 0 Å². The van der Waals surface area contributed by atoms with Crippen LogP contribution in [0.15, 0.2) is 4.99 Å². The summed E-state index contributed by atoms with van der Waals surface area (Å²) in [6, 6.07) is 0.905. The highest BCUT2D eigenvalue weighted by molar-refractivity contribution is 5.80. The molecule has 3 heterocycles. The second-order valence-corrected chi connectivity index (χ2v) is 9.18. The van der Waals surface area contributed by atoms with Crippen molar-refractivity contribution in [3.8, 4) is 0 Å². The van der Waals surface area contributed by atoms with E-state index in [2.05, 4.69) is 37.6 Å². The number of likely N-dealkylation sites (N-methyl/N-ethyl adjacent to an activating group) is 2. The van der Waals surface area contributed by atoms with Gasteiger partial charge in [-0.15, -0.1) is 10.2 Å². The van der Waals surface area contributed by atoms with Gasteiger partial charge in [0.05, 0.1) is 6.54 Å². The number of hydrogen-bond acceptors (Lipinski definition) is 6. The van der Waals surface area contributed by atoms with Crippen LogP contribution in [0.3, 0.4) is 0 Å². The molecule has 0 spiro atoms. The predicted octanol–water partition coefficient (Wildman–Crippen LogP) is 0.196. The van der Waals surface area contributed by atoms with Crippen LogP contribution in [0.5, 0.6) is 0 Å². The summed E-state index contributed by atoms with van der Waals surface area (Å²) in [7, 11) is 5.60. The van der Waals surface area contributed by atoms with Crippen molar-refractivity contribution in [1.82, 2.24) is 40.1 Å². The van der Waals surface area contributed by atoms with Gasteiger partial charge < -0.3 is 20.1 Å². The number of rotatable bonds is 8. The largest absolute Gasteiger partial charge is 0.355 e. The summed E-state index contributed by atoms with van der Waals surface area (Å²) in [6.07, 6.45) is 4.49. The Kier molecular flexibility index (Phi) is 8.86. The maximum Gasteiger partial charge on any atom is 0.236 e. The van der Waals surface area contributed by atoms with Gasteiger partial charge in [-0.3, -0.25) is 14.6 Å².